The molecule has 3 amide bonds. The van der Waals surface area contributed by atoms with E-state index in [0.717, 1.165) is 0 Å². The Kier molecular flexibility index (Phi) is 7.39. The molecule has 10 heteroatoms. The minimum atomic E-state index is -0.710. The minimum absolute atomic E-state index is 0.0916. The van der Waals surface area contributed by atoms with E-state index in [1.165, 1.54) is 36.4 Å². The Hall–Kier alpha value is -2.84. The van der Waals surface area contributed by atoms with Crippen LogP contribution >= 0.6 is 23.2 Å². The standard InChI is InChI=1S/C17H14Cl2FN3O4/c18-10-5-6-11(12(19)7-10)17(26)21-8-15(24)22-23-16(25)9-27-14-4-2-1-3-13(14)20/h1-7H,8-9H2,(H,21,26)(H,22,24)(H,23,25). The van der Waals surface area contributed by atoms with E-state index in [9.17, 15) is 18.8 Å². The van der Waals surface area contributed by atoms with Gasteiger partial charge < -0.3 is 10.1 Å². The Morgan fingerprint density at radius 1 is 1.00 bits per heavy atom. The van der Waals surface area contributed by atoms with Gasteiger partial charge in [0.25, 0.3) is 17.7 Å². The van der Waals surface area contributed by atoms with Gasteiger partial charge in [-0.2, -0.15) is 0 Å². The van der Waals surface area contributed by atoms with Crippen LogP contribution in [-0.2, 0) is 9.59 Å². The van der Waals surface area contributed by atoms with Gasteiger partial charge in [-0.05, 0) is 30.3 Å². The lowest BCUT2D eigenvalue weighted by atomic mass is 10.2. The van der Waals surface area contributed by atoms with Crippen LogP contribution in [0.1, 0.15) is 10.4 Å². The highest BCUT2D eigenvalue weighted by molar-refractivity contribution is 6.36. The molecule has 0 aliphatic rings. The SMILES string of the molecule is O=C(CNC(=O)c1ccc(Cl)cc1Cl)NNC(=O)COc1ccccc1F. The maximum atomic E-state index is 13.3. The zero-order valence-electron chi connectivity index (χ0n) is 13.7. The Bertz CT molecular complexity index is 864. The Morgan fingerprint density at radius 2 is 1.70 bits per heavy atom. The third kappa shape index (κ3) is 6.43. The second-order valence-corrected chi connectivity index (χ2v) is 5.97. The van der Waals surface area contributed by atoms with Gasteiger partial charge in [-0.25, -0.2) is 4.39 Å². The van der Waals surface area contributed by atoms with Gasteiger partial charge in [-0.15, -0.1) is 0 Å². The van der Waals surface area contributed by atoms with Gasteiger partial charge in [0.2, 0.25) is 0 Å². The van der Waals surface area contributed by atoms with Crippen molar-refractivity contribution in [3.8, 4) is 5.75 Å². The number of carbonyl (C=O) groups excluding carboxylic acids is 3. The van der Waals surface area contributed by atoms with E-state index in [0.29, 0.717) is 5.02 Å². The number of nitrogens with one attached hydrogen (secondary N) is 3. The van der Waals surface area contributed by atoms with Crippen molar-refractivity contribution in [2.45, 2.75) is 0 Å². The average Bonchev–Trinajstić information content (AvgIpc) is 2.63. The third-order valence-corrected chi connectivity index (χ3v) is 3.67. The van der Waals surface area contributed by atoms with Gasteiger partial charge >= 0.3 is 0 Å². The molecule has 0 aliphatic heterocycles. The van der Waals surface area contributed by atoms with Crippen LogP contribution in [0.3, 0.4) is 0 Å². The number of benzene rings is 2. The van der Waals surface area contributed by atoms with Crippen molar-refractivity contribution in [2.24, 2.45) is 0 Å². The molecule has 0 aromatic heterocycles. The normalized spacial score (nSPS) is 10.0. The monoisotopic (exact) mass is 413 g/mol. The highest BCUT2D eigenvalue weighted by atomic mass is 35.5. The molecule has 0 heterocycles. The van der Waals surface area contributed by atoms with Gasteiger partial charge in [0.1, 0.15) is 0 Å². The summed E-state index contributed by atoms with van der Waals surface area (Å²) in [5.41, 5.74) is 4.31. The first-order valence-corrected chi connectivity index (χ1v) is 8.30. The average molecular weight is 414 g/mol. The molecule has 27 heavy (non-hydrogen) atoms. The van der Waals surface area contributed by atoms with Crippen LogP contribution in [0.2, 0.25) is 10.0 Å². The van der Waals surface area contributed by atoms with E-state index in [1.807, 2.05) is 0 Å². The summed E-state index contributed by atoms with van der Waals surface area (Å²) < 4.78 is 18.3. The molecule has 0 saturated carbocycles. The second-order valence-electron chi connectivity index (χ2n) is 5.12. The molecule has 0 radical (unpaired) electrons. The van der Waals surface area contributed by atoms with Crippen LogP contribution in [0.25, 0.3) is 0 Å². The largest absolute Gasteiger partial charge is 0.481 e. The van der Waals surface area contributed by atoms with Crippen LogP contribution < -0.4 is 20.9 Å². The number of hydrogen-bond acceptors (Lipinski definition) is 4. The summed E-state index contributed by atoms with van der Waals surface area (Å²) in [7, 11) is 0. The number of ether oxygens (including phenoxy) is 1. The number of halogens is 3. The molecule has 0 bridgehead atoms. The molecule has 2 aromatic carbocycles. The number of carbonyl (C=O) groups is 3. The summed E-state index contributed by atoms with van der Waals surface area (Å²) in [6.07, 6.45) is 0. The second kappa shape index (κ2) is 9.75. The summed E-state index contributed by atoms with van der Waals surface area (Å²) in [5.74, 6) is -2.68. The van der Waals surface area contributed by atoms with Crippen LogP contribution in [0.5, 0.6) is 5.75 Å². The molecule has 7 nitrogen and oxygen atoms in total. The van der Waals surface area contributed by atoms with Crippen molar-refractivity contribution in [1.29, 1.82) is 0 Å². The van der Waals surface area contributed by atoms with Gasteiger partial charge in [-0.3, -0.25) is 25.2 Å². The van der Waals surface area contributed by atoms with E-state index in [2.05, 4.69) is 16.2 Å². The molecular weight excluding hydrogens is 400 g/mol. The number of amides is 3. The smallest absolute Gasteiger partial charge is 0.276 e. The molecule has 0 aliphatic carbocycles. The Labute approximate surface area is 163 Å². The first-order valence-electron chi connectivity index (χ1n) is 7.55. The number of para-hydroxylation sites is 1. The summed E-state index contributed by atoms with van der Waals surface area (Å²) in [5, 5.41) is 2.85. The van der Waals surface area contributed by atoms with E-state index in [1.54, 1.807) is 6.07 Å². The van der Waals surface area contributed by atoms with E-state index < -0.39 is 36.7 Å². The lowest BCUT2D eigenvalue weighted by Crippen LogP contribution is -2.47. The van der Waals surface area contributed by atoms with Gasteiger partial charge in [-0.1, -0.05) is 35.3 Å². The van der Waals surface area contributed by atoms with Crippen molar-refractivity contribution >= 4 is 40.9 Å². The first kappa shape index (κ1) is 20.5. The Morgan fingerprint density at radius 3 is 2.41 bits per heavy atom. The molecule has 0 fully saturated rings. The Balaban J connectivity index is 1.71. The number of hydrogen-bond donors (Lipinski definition) is 3. The summed E-state index contributed by atoms with van der Waals surface area (Å²) >= 11 is 11.6. The highest BCUT2D eigenvalue weighted by Crippen LogP contribution is 2.20. The molecule has 2 aromatic rings. The molecule has 0 saturated heterocycles. The molecule has 0 unspecified atom stereocenters. The fourth-order valence-electron chi connectivity index (χ4n) is 1.85. The van der Waals surface area contributed by atoms with Crippen molar-refractivity contribution < 1.29 is 23.5 Å². The van der Waals surface area contributed by atoms with Crippen molar-refractivity contribution in [3.05, 3.63) is 63.9 Å². The molecule has 0 atom stereocenters. The van der Waals surface area contributed by atoms with E-state index in [-0.39, 0.29) is 16.3 Å². The third-order valence-electron chi connectivity index (χ3n) is 3.12. The van der Waals surface area contributed by atoms with Gasteiger partial charge in [0.15, 0.2) is 18.2 Å². The molecular formula is C17H14Cl2FN3O4. The predicted octanol–water partition coefficient (Wildman–Crippen LogP) is 2.09. The lowest BCUT2D eigenvalue weighted by Gasteiger charge is -2.10. The zero-order chi connectivity index (χ0) is 19.8. The van der Waals surface area contributed by atoms with Crippen molar-refractivity contribution in [3.63, 3.8) is 0 Å². The van der Waals surface area contributed by atoms with Gasteiger partial charge in [0.05, 0.1) is 17.1 Å². The minimum Gasteiger partial charge on any atom is -0.481 e. The highest BCUT2D eigenvalue weighted by Gasteiger charge is 2.13. The maximum absolute atomic E-state index is 13.3. The topological polar surface area (TPSA) is 96.5 Å². The van der Waals surface area contributed by atoms with E-state index in [4.69, 9.17) is 27.9 Å². The number of rotatable bonds is 6. The summed E-state index contributed by atoms with van der Waals surface area (Å²) in [6, 6.07) is 9.87. The fraction of sp³-hybridized carbons (Fsp3) is 0.118. The van der Waals surface area contributed by atoms with Crippen LogP contribution in [0.15, 0.2) is 42.5 Å². The van der Waals surface area contributed by atoms with Gasteiger partial charge in [0, 0.05) is 5.02 Å². The molecule has 2 rings (SSSR count). The van der Waals surface area contributed by atoms with Crippen LogP contribution in [-0.4, -0.2) is 30.9 Å². The summed E-state index contributed by atoms with van der Waals surface area (Å²) in [6.45, 7) is -0.916. The van der Waals surface area contributed by atoms with Crippen molar-refractivity contribution in [1.82, 2.24) is 16.2 Å². The number of hydrazine groups is 1. The molecule has 0 spiro atoms. The molecule has 142 valence electrons. The quantitative estimate of drug-likeness (QED) is 0.631. The van der Waals surface area contributed by atoms with Crippen molar-refractivity contribution in [2.75, 3.05) is 13.2 Å². The van der Waals surface area contributed by atoms with Crippen LogP contribution in [0, 0.1) is 5.82 Å². The fourth-order valence-corrected chi connectivity index (χ4v) is 2.35. The maximum Gasteiger partial charge on any atom is 0.276 e. The lowest BCUT2D eigenvalue weighted by molar-refractivity contribution is -0.129. The molecule has 3 N–H and O–H groups in total. The zero-order valence-corrected chi connectivity index (χ0v) is 15.2. The predicted molar refractivity (Wildman–Crippen MR) is 97.0 cm³/mol. The first-order chi connectivity index (χ1) is 12.9. The van der Waals surface area contributed by atoms with E-state index >= 15 is 0 Å². The summed E-state index contributed by atoms with van der Waals surface area (Å²) in [4.78, 5) is 35.2. The van der Waals surface area contributed by atoms with Crippen LogP contribution in [0.4, 0.5) is 4.39 Å².